The van der Waals surface area contributed by atoms with Gasteiger partial charge in [0.05, 0.1) is 17.3 Å². The fraction of sp³-hybridized carbons (Fsp3) is 0.0357. The summed E-state index contributed by atoms with van der Waals surface area (Å²) in [6, 6.07) is 22.4. The Hall–Kier alpha value is -4.42. The van der Waals surface area contributed by atoms with Crippen LogP contribution < -0.4 is 4.90 Å². The van der Waals surface area contributed by atoms with E-state index >= 15 is 0 Å². The van der Waals surface area contributed by atoms with Crippen molar-refractivity contribution in [2.75, 3.05) is 4.90 Å². The lowest BCUT2D eigenvalue weighted by Gasteiger charge is -2.27. The molecule has 0 aliphatic carbocycles. The Morgan fingerprint density at radius 3 is 2.54 bits per heavy atom. The van der Waals surface area contributed by atoms with Crippen LogP contribution in [0.5, 0.6) is 0 Å². The van der Waals surface area contributed by atoms with E-state index in [9.17, 15) is 14.7 Å². The van der Waals surface area contributed by atoms with Crippen molar-refractivity contribution < 1.29 is 19.1 Å². The van der Waals surface area contributed by atoms with Crippen molar-refractivity contribution in [1.29, 1.82) is 0 Å². The molecule has 170 valence electrons. The summed E-state index contributed by atoms with van der Waals surface area (Å²) in [4.78, 5) is 32.8. The number of aliphatic hydroxyl groups is 1. The van der Waals surface area contributed by atoms with E-state index < -0.39 is 23.5 Å². The summed E-state index contributed by atoms with van der Waals surface area (Å²) in [5.41, 5.74) is 1.64. The van der Waals surface area contributed by atoms with Crippen molar-refractivity contribution in [2.24, 2.45) is 0 Å². The van der Waals surface area contributed by atoms with Gasteiger partial charge in [-0.25, -0.2) is 0 Å². The SMILES string of the molecule is O=C(C1=C(O)C(=O)N(c2cccc3ccccc23)C1c1ccncc1)c1cc2cc(Cl)ccc2o1. The molecule has 1 atom stereocenters. The van der Waals surface area contributed by atoms with Gasteiger partial charge in [0.15, 0.2) is 11.5 Å². The molecule has 1 unspecified atom stereocenters. The summed E-state index contributed by atoms with van der Waals surface area (Å²) in [6.07, 6.45) is 3.17. The van der Waals surface area contributed by atoms with Crippen LogP contribution in [-0.2, 0) is 4.79 Å². The highest BCUT2D eigenvalue weighted by Gasteiger charge is 2.45. The fourth-order valence-corrected chi connectivity index (χ4v) is 4.80. The third-order valence-electron chi connectivity index (χ3n) is 6.20. The monoisotopic (exact) mass is 480 g/mol. The van der Waals surface area contributed by atoms with Crippen LogP contribution in [0.2, 0.25) is 5.02 Å². The number of fused-ring (bicyclic) bond motifs is 2. The second-order valence-electron chi connectivity index (χ2n) is 8.24. The van der Waals surface area contributed by atoms with Gasteiger partial charge in [0.1, 0.15) is 5.58 Å². The first-order chi connectivity index (χ1) is 17.0. The molecule has 0 bridgehead atoms. The van der Waals surface area contributed by atoms with E-state index in [1.165, 1.54) is 4.90 Å². The minimum absolute atomic E-state index is 0.00967. The van der Waals surface area contributed by atoms with Crippen molar-refractivity contribution in [3.05, 3.63) is 119 Å². The second kappa shape index (κ2) is 8.11. The van der Waals surface area contributed by atoms with E-state index in [-0.39, 0.29) is 11.3 Å². The quantitative estimate of drug-likeness (QED) is 0.300. The molecule has 6 rings (SSSR count). The number of benzene rings is 3. The van der Waals surface area contributed by atoms with Gasteiger partial charge >= 0.3 is 0 Å². The van der Waals surface area contributed by atoms with Crippen LogP contribution in [0.1, 0.15) is 22.2 Å². The Balaban J connectivity index is 1.54. The Labute approximate surface area is 204 Å². The van der Waals surface area contributed by atoms with E-state index in [0.29, 0.717) is 27.2 Å². The maximum atomic E-state index is 13.7. The minimum Gasteiger partial charge on any atom is -0.503 e. The van der Waals surface area contributed by atoms with E-state index in [0.717, 1.165) is 10.8 Å². The number of ketones is 1. The zero-order valence-corrected chi connectivity index (χ0v) is 18.9. The zero-order chi connectivity index (χ0) is 24.1. The Bertz CT molecular complexity index is 1670. The number of pyridine rings is 1. The molecule has 1 N–H and O–H groups in total. The van der Waals surface area contributed by atoms with Gasteiger partial charge in [-0.2, -0.15) is 0 Å². The number of carbonyl (C=O) groups is 2. The first-order valence-corrected chi connectivity index (χ1v) is 11.3. The zero-order valence-electron chi connectivity index (χ0n) is 18.2. The summed E-state index contributed by atoms with van der Waals surface area (Å²) >= 11 is 6.08. The lowest BCUT2D eigenvalue weighted by Crippen LogP contribution is -2.31. The normalized spacial score (nSPS) is 16.0. The number of halogens is 1. The summed E-state index contributed by atoms with van der Waals surface area (Å²) in [6.45, 7) is 0. The Kier molecular flexibility index (Phi) is 4.90. The number of carbonyl (C=O) groups excluding carboxylic acids is 2. The molecule has 7 heteroatoms. The molecule has 1 aliphatic heterocycles. The molecule has 1 amide bonds. The number of amides is 1. The molecule has 2 aromatic heterocycles. The second-order valence-corrected chi connectivity index (χ2v) is 8.68. The number of aliphatic hydroxyl groups excluding tert-OH is 1. The first-order valence-electron chi connectivity index (χ1n) is 10.9. The summed E-state index contributed by atoms with van der Waals surface area (Å²) in [5, 5.41) is 13.9. The van der Waals surface area contributed by atoms with Crippen molar-refractivity contribution in [3.8, 4) is 0 Å². The van der Waals surface area contributed by atoms with Crippen LogP contribution in [0, 0.1) is 0 Å². The highest BCUT2D eigenvalue weighted by atomic mass is 35.5. The predicted octanol–water partition coefficient (Wildman–Crippen LogP) is 6.42. The van der Waals surface area contributed by atoms with Gasteiger partial charge in [0, 0.05) is 28.2 Å². The van der Waals surface area contributed by atoms with Crippen molar-refractivity contribution in [1.82, 2.24) is 4.98 Å². The Morgan fingerprint density at radius 2 is 1.71 bits per heavy atom. The van der Waals surface area contributed by atoms with Gasteiger partial charge in [-0.15, -0.1) is 0 Å². The molecule has 6 nitrogen and oxygen atoms in total. The smallest absolute Gasteiger partial charge is 0.294 e. The van der Waals surface area contributed by atoms with Crippen LogP contribution in [0.15, 0.2) is 107 Å². The number of anilines is 1. The van der Waals surface area contributed by atoms with Crippen molar-refractivity contribution >= 4 is 50.7 Å². The summed E-state index contributed by atoms with van der Waals surface area (Å²) < 4.78 is 5.78. The molecule has 0 spiro atoms. The summed E-state index contributed by atoms with van der Waals surface area (Å²) in [5.74, 6) is -1.84. The molecule has 35 heavy (non-hydrogen) atoms. The highest BCUT2D eigenvalue weighted by molar-refractivity contribution is 6.31. The highest BCUT2D eigenvalue weighted by Crippen LogP contribution is 2.44. The van der Waals surface area contributed by atoms with Gasteiger partial charge < -0.3 is 9.52 Å². The molecule has 0 fully saturated rings. The number of hydrogen-bond donors (Lipinski definition) is 1. The van der Waals surface area contributed by atoms with Crippen LogP contribution in [0.4, 0.5) is 5.69 Å². The van der Waals surface area contributed by atoms with Crippen LogP contribution in [-0.4, -0.2) is 21.8 Å². The van der Waals surface area contributed by atoms with E-state index in [1.807, 2.05) is 36.4 Å². The summed E-state index contributed by atoms with van der Waals surface area (Å²) in [7, 11) is 0. The first kappa shape index (κ1) is 21.1. The molecule has 1 aliphatic rings. The lowest BCUT2D eigenvalue weighted by molar-refractivity contribution is -0.117. The molecule has 0 radical (unpaired) electrons. The Morgan fingerprint density at radius 1 is 0.943 bits per heavy atom. The molecule has 3 aromatic carbocycles. The molecule has 5 aromatic rings. The lowest BCUT2D eigenvalue weighted by atomic mass is 9.95. The van der Waals surface area contributed by atoms with E-state index in [4.69, 9.17) is 16.0 Å². The number of rotatable bonds is 4. The van der Waals surface area contributed by atoms with Gasteiger partial charge in [-0.1, -0.05) is 48.0 Å². The van der Waals surface area contributed by atoms with Gasteiger partial charge in [-0.05, 0) is 53.4 Å². The number of nitrogens with zero attached hydrogens (tertiary/aromatic N) is 2. The number of furan rings is 1. The molecular weight excluding hydrogens is 464 g/mol. The van der Waals surface area contributed by atoms with Crippen molar-refractivity contribution in [3.63, 3.8) is 0 Å². The third kappa shape index (κ3) is 3.38. The molecule has 3 heterocycles. The third-order valence-corrected chi connectivity index (χ3v) is 6.44. The van der Waals surface area contributed by atoms with E-state index in [2.05, 4.69) is 4.98 Å². The predicted molar refractivity (Wildman–Crippen MR) is 134 cm³/mol. The number of Topliss-reactive ketones (excluding diaryl/α,β-unsaturated/α-hetero) is 1. The topological polar surface area (TPSA) is 83.6 Å². The van der Waals surface area contributed by atoms with Gasteiger partial charge in [0.2, 0.25) is 5.78 Å². The minimum atomic E-state index is -0.874. The van der Waals surface area contributed by atoms with Crippen LogP contribution in [0.25, 0.3) is 21.7 Å². The molecular formula is C28H17ClN2O4. The fourth-order valence-electron chi connectivity index (χ4n) is 4.62. The van der Waals surface area contributed by atoms with Gasteiger partial charge in [-0.3, -0.25) is 19.5 Å². The van der Waals surface area contributed by atoms with E-state index in [1.54, 1.807) is 54.9 Å². The number of hydrogen-bond acceptors (Lipinski definition) is 5. The van der Waals surface area contributed by atoms with Crippen LogP contribution >= 0.6 is 11.6 Å². The maximum absolute atomic E-state index is 13.7. The standard InChI is InChI=1S/C28H17ClN2O4/c29-19-8-9-22-18(14-19)15-23(35-22)26(32)24-25(17-10-12-30-13-11-17)31(28(34)27(24)33)21-7-3-5-16-4-1-2-6-20(16)21/h1-15,25,33H. The maximum Gasteiger partial charge on any atom is 0.294 e. The molecule has 0 saturated carbocycles. The number of aromatic nitrogens is 1. The average molecular weight is 481 g/mol. The average Bonchev–Trinajstić information content (AvgIpc) is 3.42. The van der Waals surface area contributed by atoms with Gasteiger partial charge in [0.25, 0.3) is 5.91 Å². The molecule has 0 saturated heterocycles. The van der Waals surface area contributed by atoms with Crippen LogP contribution in [0.3, 0.4) is 0 Å². The largest absolute Gasteiger partial charge is 0.503 e. The van der Waals surface area contributed by atoms with Crippen molar-refractivity contribution in [2.45, 2.75) is 6.04 Å².